The number of piperidine rings is 1. The van der Waals surface area contributed by atoms with Crippen molar-refractivity contribution in [1.29, 1.82) is 0 Å². The normalized spacial score (nSPS) is 14.9. The van der Waals surface area contributed by atoms with Crippen molar-refractivity contribution >= 4 is 22.5 Å². The summed E-state index contributed by atoms with van der Waals surface area (Å²) in [6, 6.07) is 13.7. The molecule has 2 heterocycles. The van der Waals surface area contributed by atoms with Crippen molar-refractivity contribution in [1.82, 2.24) is 9.47 Å². The topological polar surface area (TPSA) is 48.6 Å². The van der Waals surface area contributed by atoms with Gasteiger partial charge in [-0.1, -0.05) is 57.8 Å². The lowest BCUT2D eigenvalue weighted by atomic mass is 10.0. The predicted molar refractivity (Wildman–Crippen MR) is 137 cm³/mol. The highest BCUT2D eigenvalue weighted by Crippen LogP contribution is 2.35. The Labute approximate surface area is 198 Å². The number of hydrogen-bond donors (Lipinski definition) is 2. The van der Waals surface area contributed by atoms with Gasteiger partial charge in [-0.3, -0.25) is 0 Å². The summed E-state index contributed by atoms with van der Waals surface area (Å²) in [6.07, 6.45) is 3.15. The number of fused-ring (bicyclic) bond motifs is 1. The van der Waals surface area contributed by atoms with Crippen LogP contribution >= 0.6 is 11.6 Å². The lowest BCUT2D eigenvalue weighted by Gasteiger charge is -2.28. The summed E-state index contributed by atoms with van der Waals surface area (Å²) in [6.45, 7) is 12.8. The molecule has 0 bridgehead atoms. The van der Waals surface area contributed by atoms with E-state index in [1.54, 1.807) is 0 Å². The van der Waals surface area contributed by atoms with Crippen LogP contribution in [0.3, 0.4) is 0 Å². The smallest absolute Gasteiger partial charge is 0.0940 e. The third-order valence-corrected chi connectivity index (χ3v) is 6.05. The molecule has 5 heteroatoms. The molecule has 32 heavy (non-hydrogen) atoms. The highest BCUT2D eigenvalue weighted by Gasteiger charge is 2.24. The minimum absolute atomic E-state index is 0.00749. The predicted octanol–water partition coefficient (Wildman–Crippen LogP) is 6.66. The molecule has 1 saturated heterocycles. The van der Waals surface area contributed by atoms with E-state index in [2.05, 4.69) is 16.4 Å². The van der Waals surface area contributed by atoms with Crippen LogP contribution in [-0.4, -0.2) is 39.3 Å². The van der Waals surface area contributed by atoms with Gasteiger partial charge in [0.1, 0.15) is 0 Å². The molecule has 1 unspecified atom stereocenters. The average Bonchev–Trinajstić information content (AvgIpc) is 3.13. The van der Waals surface area contributed by atoms with E-state index in [0.717, 1.165) is 46.5 Å². The highest BCUT2D eigenvalue weighted by atomic mass is 35.5. The molecule has 1 aliphatic rings. The maximum atomic E-state index is 11.2. The van der Waals surface area contributed by atoms with Crippen LogP contribution in [0.5, 0.6) is 0 Å². The van der Waals surface area contributed by atoms with Gasteiger partial charge in [0, 0.05) is 33.9 Å². The number of hydrogen-bond acceptors (Lipinski definition) is 3. The van der Waals surface area contributed by atoms with Crippen LogP contribution in [-0.2, 0) is 6.61 Å². The molecule has 0 aliphatic carbocycles. The Morgan fingerprint density at radius 2 is 1.56 bits per heavy atom. The van der Waals surface area contributed by atoms with Crippen LogP contribution in [0.15, 0.2) is 42.5 Å². The van der Waals surface area contributed by atoms with Gasteiger partial charge in [-0.15, -0.1) is 0 Å². The SMILES string of the molecule is CC.CC.Cc1c(C(O)CN2CCCCC2)c2ccc(CO)cc2n1-c1ccc(Cl)cc1. The molecule has 0 amide bonds. The molecule has 1 aliphatic heterocycles. The summed E-state index contributed by atoms with van der Waals surface area (Å²) >= 11 is 6.08. The monoisotopic (exact) mass is 458 g/mol. The van der Waals surface area contributed by atoms with E-state index in [9.17, 15) is 10.2 Å². The molecule has 0 saturated carbocycles. The van der Waals surface area contributed by atoms with E-state index in [4.69, 9.17) is 11.6 Å². The third kappa shape index (κ3) is 5.93. The summed E-state index contributed by atoms with van der Waals surface area (Å²) < 4.78 is 2.15. The van der Waals surface area contributed by atoms with E-state index < -0.39 is 6.10 Å². The maximum Gasteiger partial charge on any atom is 0.0940 e. The Morgan fingerprint density at radius 3 is 2.16 bits per heavy atom. The first-order valence-electron chi connectivity index (χ1n) is 12.0. The second kappa shape index (κ2) is 13.0. The van der Waals surface area contributed by atoms with Crippen LogP contribution in [0.4, 0.5) is 0 Å². The van der Waals surface area contributed by atoms with E-state index >= 15 is 0 Å². The molecule has 2 aromatic carbocycles. The van der Waals surface area contributed by atoms with Crippen molar-refractivity contribution < 1.29 is 10.2 Å². The molecule has 176 valence electrons. The number of nitrogens with zero attached hydrogens (tertiary/aromatic N) is 2. The zero-order valence-electron chi connectivity index (χ0n) is 20.2. The first-order valence-corrected chi connectivity index (χ1v) is 12.4. The third-order valence-electron chi connectivity index (χ3n) is 5.80. The maximum absolute atomic E-state index is 11.2. The zero-order chi connectivity index (χ0) is 23.7. The fourth-order valence-electron chi connectivity index (χ4n) is 4.41. The van der Waals surface area contributed by atoms with Crippen LogP contribution in [0.1, 0.15) is 69.9 Å². The lowest BCUT2D eigenvalue weighted by Crippen LogP contribution is -2.33. The Kier molecular flexibility index (Phi) is 10.7. The second-order valence-electron chi connectivity index (χ2n) is 7.70. The number of halogens is 1. The Balaban J connectivity index is 0.000000860. The van der Waals surface area contributed by atoms with E-state index in [1.165, 1.54) is 19.3 Å². The van der Waals surface area contributed by atoms with Crippen LogP contribution < -0.4 is 0 Å². The van der Waals surface area contributed by atoms with Crippen LogP contribution in [0.2, 0.25) is 5.02 Å². The highest BCUT2D eigenvalue weighted by molar-refractivity contribution is 6.30. The van der Waals surface area contributed by atoms with Crippen molar-refractivity contribution in [3.8, 4) is 5.69 Å². The number of aromatic nitrogens is 1. The molecule has 2 N–H and O–H groups in total. The van der Waals surface area contributed by atoms with Crippen molar-refractivity contribution in [3.05, 3.63) is 64.3 Å². The molecule has 1 atom stereocenters. The first-order chi connectivity index (χ1) is 15.6. The molecule has 4 rings (SSSR count). The number of rotatable bonds is 5. The second-order valence-corrected chi connectivity index (χ2v) is 8.13. The molecule has 3 aromatic rings. The average molecular weight is 459 g/mol. The zero-order valence-corrected chi connectivity index (χ0v) is 21.0. The Morgan fingerprint density at radius 1 is 0.938 bits per heavy atom. The molecule has 1 aromatic heterocycles. The number of aliphatic hydroxyl groups excluding tert-OH is 2. The van der Waals surface area contributed by atoms with Crippen molar-refractivity contribution in [2.45, 2.75) is 66.6 Å². The fourth-order valence-corrected chi connectivity index (χ4v) is 4.53. The van der Waals surface area contributed by atoms with Gasteiger partial charge in [0.25, 0.3) is 0 Å². The lowest BCUT2D eigenvalue weighted by molar-refractivity contribution is 0.102. The summed E-state index contributed by atoms with van der Waals surface area (Å²) in [5.41, 5.74) is 4.85. The molecular weight excluding hydrogens is 420 g/mol. The molecule has 4 nitrogen and oxygen atoms in total. The van der Waals surface area contributed by atoms with Crippen molar-refractivity contribution in [3.63, 3.8) is 0 Å². The summed E-state index contributed by atoms with van der Waals surface area (Å²) in [4.78, 5) is 2.36. The number of benzene rings is 2. The number of aliphatic hydroxyl groups is 2. The molecule has 1 fully saturated rings. The fraction of sp³-hybridized carbons (Fsp3) is 0.481. The standard InChI is InChI=1S/C23H27ClN2O2.2C2H6/c1-16-23(22(28)14-25-11-3-2-4-12-25)20-10-5-17(15-27)13-21(20)26(16)19-8-6-18(24)7-9-19;2*1-2/h5-10,13,22,27-28H,2-4,11-12,14-15H2,1H3;2*1-2H3. The van der Waals surface area contributed by atoms with Crippen molar-refractivity contribution in [2.75, 3.05) is 19.6 Å². The van der Waals surface area contributed by atoms with Crippen molar-refractivity contribution in [2.24, 2.45) is 0 Å². The molecular formula is C27H39ClN2O2. The summed E-state index contributed by atoms with van der Waals surface area (Å²) in [7, 11) is 0. The summed E-state index contributed by atoms with van der Waals surface area (Å²) in [5, 5.41) is 22.5. The quantitative estimate of drug-likeness (QED) is 0.449. The summed E-state index contributed by atoms with van der Waals surface area (Å²) in [5.74, 6) is 0. The largest absolute Gasteiger partial charge is 0.392 e. The van der Waals surface area contributed by atoms with Gasteiger partial charge >= 0.3 is 0 Å². The van der Waals surface area contributed by atoms with E-state index in [0.29, 0.717) is 11.6 Å². The van der Waals surface area contributed by atoms with Gasteiger partial charge in [-0.25, -0.2) is 0 Å². The van der Waals surface area contributed by atoms with Gasteiger partial charge in [-0.2, -0.15) is 0 Å². The van der Waals surface area contributed by atoms with Gasteiger partial charge in [-0.05, 0) is 68.8 Å². The Bertz CT molecular complexity index is 960. The van der Waals surface area contributed by atoms with Crippen LogP contribution in [0, 0.1) is 6.92 Å². The number of likely N-dealkylation sites (tertiary alicyclic amines) is 1. The molecule has 0 radical (unpaired) electrons. The Hall–Kier alpha value is -1.85. The van der Waals surface area contributed by atoms with Gasteiger partial charge in [0.05, 0.1) is 18.2 Å². The van der Waals surface area contributed by atoms with E-state index in [1.807, 2.05) is 70.2 Å². The van der Waals surface area contributed by atoms with E-state index in [-0.39, 0.29) is 6.61 Å². The van der Waals surface area contributed by atoms with Gasteiger partial charge < -0.3 is 19.7 Å². The minimum Gasteiger partial charge on any atom is -0.392 e. The molecule has 0 spiro atoms. The minimum atomic E-state index is -0.547. The van der Waals surface area contributed by atoms with Gasteiger partial charge in [0.2, 0.25) is 0 Å². The number of β-amino-alcohol motifs (C(OH)–C–C–N with tert-alkyl or cyclic N) is 1. The van der Waals surface area contributed by atoms with Gasteiger partial charge in [0.15, 0.2) is 0 Å². The first kappa shape index (κ1) is 26.4. The van der Waals surface area contributed by atoms with Crippen LogP contribution in [0.25, 0.3) is 16.6 Å².